The van der Waals surface area contributed by atoms with E-state index in [1.54, 1.807) is 18.2 Å². The van der Waals surface area contributed by atoms with Gasteiger partial charge in [0.2, 0.25) is 0 Å². The van der Waals surface area contributed by atoms with Crippen molar-refractivity contribution in [2.75, 3.05) is 11.4 Å². The number of ether oxygens (including phenoxy) is 1. The third kappa shape index (κ3) is 3.31. The zero-order chi connectivity index (χ0) is 16.6. The number of hydrogen-bond acceptors (Lipinski definition) is 3. The number of carbonyl (C=O) groups is 1. The maximum Gasteiger partial charge on any atom is 0.335 e. The topological polar surface area (TPSA) is 49.8 Å². The monoisotopic (exact) mass is 311 g/mol. The van der Waals surface area contributed by atoms with Crippen molar-refractivity contribution in [2.24, 2.45) is 0 Å². The summed E-state index contributed by atoms with van der Waals surface area (Å²) in [5, 5.41) is 9.16. The number of nitrogens with zero attached hydrogens (tertiary/aromatic N) is 1. The van der Waals surface area contributed by atoms with Crippen LogP contribution in [0.4, 0.5) is 5.69 Å². The first-order valence-corrected chi connectivity index (χ1v) is 7.71. The van der Waals surface area contributed by atoms with Gasteiger partial charge in [0.05, 0.1) is 17.8 Å². The quantitative estimate of drug-likeness (QED) is 0.935. The van der Waals surface area contributed by atoms with Crippen LogP contribution in [-0.4, -0.2) is 23.2 Å². The van der Waals surface area contributed by atoms with Gasteiger partial charge in [0, 0.05) is 6.54 Å². The van der Waals surface area contributed by atoms with E-state index in [4.69, 9.17) is 9.84 Å². The normalized spacial score (nSPS) is 15.7. The largest absolute Gasteiger partial charge is 0.484 e. The van der Waals surface area contributed by atoms with Crippen LogP contribution in [0.15, 0.2) is 42.5 Å². The number of fused-ring (bicyclic) bond motifs is 1. The van der Waals surface area contributed by atoms with Crippen LogP contribution in [0.3, 0.4) is 0 Å². The molecule has 0 fully saturated rings. The van der Waals surface area contributed by atoms with Crippen molar-refractivity contribution >= 4 is 11.7 Å². The van der Waals surface area contributed by atoms with Gasteiger partial charge in [0.1, 0.15) is 11.4 Å². The molecule has 2 aromatic carbocycles. The Morgan fingerprint density at radius 1 is 1.26 bits per heavy atom. The predicted molar refractivity (Wildman–Crippen MR) is 90.3 cm³/mol. The highest BCUT2D eigenvalue weighted by molar-refractivity contribution is 5.87. The molecule has 1 N–H and O–H groups in total. The molecular weight excluding hydrogens is 290 g/mol. The van der Waals surface area contributed by atoms with Crippen molar-refractivity contribution in [1.82, 2.24) is 0 Å². The van der Waals surface area contributed by atoms with Crippen LogP contribution in [0.1, 0.15) is 35.3 Å². The van der Waals surface area contributed by atoms with Gasteiger partial charge in [-0.05, 0) is 56.2 Å². The highest BCUT2D eigenvalue weighted by Gasteiger charge is 2.31. The Bertz CT molecular complexity index is 752. The number of carboxylic acid groups (broad SMARTS) is 1. The zero-order valence-corrected chi connectivity index (χ0v) is 13.7. The Labute approximate surface area is 136 Å². The summed E-state index contributed by atoms with van der Waals surface area (Å²) in [6.45, 7) is 7.60. The molecule has 0 bridgehead atoms. The lowest BCUT2D eigenvalue weighted by Gasteiger charge is -2.41. The first kappa shape index (κ1) is 15.4. The first-order valence-electron chi connectivity index (χ1n) is 7.71. The third-order valence-corrected chi connectivity index (χ3v) is 3.96. The molecule has 0 spiro atoms. The molecule has 0 saturated heterocycles. The minimum Gasteiger partial charge on any atom is -0.484 e. The van der Waals surface area contributed by atoms with E-state index < -0.39 is 5.97 Å². The van der Waals surface area contributed by atoms with Crippen LogP contribution < -0.4 is 9.64 Å². The Balaban J connectivity index is 1.95. The molecule has 0 saturated carbocycles. The number of aryl methyl sites for hydroxylation is 1. The molecule has 23 heavy (non-hydrogen) atoms. The molecule has 0 unspecified atom stereocenters. The summed E-state index contributed by atoms with van der Waals surface area (Å²) in [6.07, 6.45) is 0. The fraction of sp³-hybridized carbons (Fsp3) is 0.316. The number of aromatic carboxylic acids is 1. The van der Waals surface area contributed by atoms with Crippen molar-refractivity contribution in [3.63, 3.8) is 0 Å². The van der Waals surface area contributed by atoms with Gasteiger partial charge in [-0.25, -0.2) is 4.79 Å². The minimum absolute atomic E-state index is 0.285. The highest BCUT2D eigenvalue weighted by Crippen LogP contribution is 2.38. The molecular formula is C19H21NO3. The zero-order valence-electron chi connectivity index (χ0n) is 13.7. The van der Waals surface area contributed by atoms with E-state index in [1.165, 1.54) is 5.56 Å². The fourth-order valence-corrected chi connectivity index (χ4v) is 3.00. The molecule has 0 aromatic heterocycles. The summed E-state index contributed by atoms with van der Waals surface area (Å²) < 4.78 is 6.07. The summed E-state index contributed by atoms with van der Waals surface area (Å²) in [5.41, 5.74) is 3.25. The molecule has 4 heteroatoms. The number of carboxylic acids is 1. The Morgan fingerprint density at radius 3 is 2.78 bits per heavy atom. The molecule has 0 radical (unpaired) electrons. The molecule has 120 valence electrons. The maximum absolute atomic E-state index is 11.2. The van der Waals surface area contributed by atoms with E-state index >= 15 is 0 Å². The van der Waals surface area contributed by atoms with Gasteiger partial charge in [-0.2, -0.15) is 0 Å². The van der Waals surface area contributed by atoms with Crippen LogP contribution in [0.25, 0.3) is 0 Å². The van der Waals surface area contributed by atoms with Crippen molar-refractivity contribution in [3.05, 3.63) is 59.2 Å². The molecule has 4 nitrogen and oxygen atoms in total. The van der Waals surface area contributed by atoms with Gasteiger partial charge in [-0.3, -0.25) is 0 Å². The van der Waals surface area contributed by atoms with E-state index in [0.717, 1.165) is 23.5 Å². The number of benzene rings is 2. The molecule has 1 heterocycles. The van der Waals surface area contributed by atoms with Crippen LogP contribution in [-0.2, 0) is 6.54 Å². The van der Waals surface area contributed by atoms with Crippen molar-refractivity contribution < 1.29 is 14.6 Å². The molecule has 1 aliphatic heterocycles. The van der Waals surface area contributed by atoms with Crippen molar-refractivity contribution in [1.29, 1.82) is 0 Å². The SMILES string of the molecule is Cc1ccc2c(c1)N(Cc1cccc(C(=O)O)c1)CC(C)(C)O2. The molecule has 3 rings (SSSR count). The average Bonchev–Trinajstić information content (AvgIpc) is 2.47. The predicted octanol–water partition coefficient (Wildman–Crippen LogP) is 3.87. The smallest absolute Gasteiger partial charge is 0.335 e. The van der Waals surface area contributed by atoms with Gasteiger partial charge in [0.15, 0.2) is 0 Å². The number of hydrogen-bond donors (Lipinski definition) is 1. The van der Waals surface area contributed by atoms with Crippen LogP contribution in [0.5, 0.6) is 5.75 Å². The van der Waals surface area contributed by atoms with E-state index in [1.807, 2.05) is 18.2 Å². The standard InChI is InChI=1S/C19H21NO3/c1-13-7-8-17-16(9-13)20(12-19(2,3)23-17)11-14-5-4-6-15(10-14)18(21)22/h4-10H,11-12H2,1-3H3,(H,21,22). The first-order chi connectivity index (χ1) is 10.8. The van der Waals surface area contributed by atoms with Crippen LogP contribution in [0.2, 0.25) is 0 Å². The average molecular weight is 311 g/mol. The van der Waals surface area contributed by atoms with Crippen molar-refractivity contribution in [2.45, 2.75) is 32.9 Å². The maximum atomic E-state index is 11.2. The Morgan fingerprint density at radius 2 is 2.04 bits per heavy atom. The third-order valence-electron chi connectivity index (χ3n) is 3.96. The summed E-state index contributed by atoms with van der Waals surface area (Å²) in [5.74, 6) is -0.0216. The molecule has 1 aliphatic rings. The second-order valence-electron chi connectivity index (χ2n) is 6.69. The molecule has 0 aliphatic carbocycles. The lowest BCUT2D eigenvalue weighted by atomic mass is 10.0. The van der Waals surface area contributed by atoms with Crippen LogP contribution in [0, 0.1) is 6.92 Å². The van der Waals surface area contributed by atoms with Gasteiger partial charge in [-0.15, -0.1) is 0 Å². The van der Waals surface area contributed by atoms with E-state index in [9.17, 15) is 4.79 Å². The fourth-order valence-electron chi connectivity index (χ4n) is 3.00. The van der Waals surface area contributed by atoms with Gasteiger partial charge >= 0.3 is 5.97 Å². The van der Waals surface area contributed by atoms with E-state index in [0.29, 0.717) is 12.1 Å². The Hall–Kier alpha value is -2.49. The number of anilines is 1. The second kappa shape index (κ2) is 5.61. The summed E-state index contributed by atoms with van der Waals surface area (Å²) in [6, 6.07) is 13.3. The molecule has 0 amide bonds. The summed E-state index contributed by atoms with van der Waals surface area (Å²) in [4.78, 5) is 13.4. The van der Waals surface area contributed by atoms with Crippen LogP contribution >= 0.6 is 0 Å². The highest BCUT2D eigenvalue weighted by atomic mass is 16.5. The second-order valence-corrected chi connectivity index (χ2v) is 6.69. The van der Waals surface area contributed by atoms with Gasteiger partial charge in [0.25, 0.3) is 0 Å². The summed E-state index contributed by atoms with van der Waals surface area (Å²) >= 11 is 0. The van der Waals surface area contributed by atoms with Gasteiger partial charge < -0.3 is 14.7 Å². The number of rotatable bonds is 3. The summed E-state index contributed by atoms with van der Waals surface area (Å²) in [7, 11) is 0. The van der Waals surface area contributed by atoms with E-state index in [2.05, 4.69) is 31.7 Å². The van der Waals surface area contributed by atoms with E-state index in [-0.39, 0.29) is 5.60 Å². The molecule has 2 aromatic rings. The molecule has 0 atom stereocenters. The van der Waals surface area contributed by atoms with Gasteiger partial charge in [-0.1, -0.05) is 18.2 Å². The van der Waals surface area contributed by atoms with Crippen molar-refractivity contribution in [3.8, 4) is 5.75 Å². The lowest BCUT2D eigenvalue weighted by molar-refractivity contribution is 0.0696. The lowest BCUT2D eigenvalue weighted by Crippen LogP contribution is -2.46. The minimum atomic E-state index is -0.898. The Kier molecular flexibility index (Phi) is 3.76.